The van der Waals surface area contributed by atoms with Gasteiger partial charge in [0.1, 0.15) is 6.61 Å². The molecule has 2 bridgehead atoms. The molecule has 20 heavy (non-hydrogen) atoms. The highest BCUT2D eigenvalue weighted by Crippen LogP contribution is 2.59. The van der Waals surface area contributed by atoms with Crippen LogP contribution in [0.1, 0.15) is 54.9 Å². The van der Waals surface area contributed by atoms with Gasteiger partial charge in [-0.15, -0.1) is 0 Å². The van der Waals surface area contributed by atoms with E-state index in [4.69, 9.17) is 4.74 Å². The van der Waals surface area contributed by atoms with Crippen LogP contribution in [0.3, 0.4) is 0 Å². The van der Waals surface area contributed by atoms with E-state index in [2.05, 4.69) is 13.8 Å². The average molecular weight is 282 g/mol. The first-order valence-electron chi connectivity index (χ1n) is 7.70. The van der Waals surface area contributed by atoms with E-state index in [0.717, 1.165) is 12.0 Å². The first-order valence-corrected chi connectivity index (χ1v) is 7.70. The van der Waals surface area contributed by atoms with Gasteiger partial charge in [-0.1, -0.05) is 33.8 Å². The molecule has 0 amide bonds. The molecule has 3 aliphatic rings. The van der Waals surface area contributed by atoms with E-state index in [1.54, 1.807) is 0 Å². The van der Waals surface area contributed by atoms with Crippen LogP contribution in [0.4, 0.5) is 0 Å². The number of esters is 1. The highest BCUT2D eigenvalue weighted by atomic mass is 16.5. The lowest BCUT2D eigenvalue weighted by Crippen LogP contribution is -2.54. The molecule has 0 aromatic carbocycles. The van der Waals surface area contributed by atoms with Crippen LogP contribution in [-0.4, -0.2) is 23.8 Å². The van der Waals surface area contributed by atoms with Crippen molar-refractivity contribution in [1.82, 2.24) is 0 Å². The van der Waals surface area contributed by atoms with Gasteiger partial charge < -0.3 is 9.84 Å². The van der Waals surface area contributed by atoms with Crippen LogP contribution in [0.2, 0.25) is 0 Å². The Morgan fingerprint density at radius 2 is 1.95 bits per heavy atom. The van der Waals surface area contributed by atoms with Crippen LogP contribution in [0.15, 0.2) is 11.6 Å². The summed E-state index contributed by atoms with van der Waals surface area (Å²) >= 11 is 0. The van der Waals surface area contributed by atoms with Crippen LogP contribution in [0.25, 0.3) is 0 Å². The molecule has 0 radical (unpaired) electrons. The molecular weight excluding hydrogens is 252 g/mol. The number of carbonyl (C=O) groups excluding carboxylic acids is 1. The smallest absolute Gasteiger partial charge is 0.311 e. The molecule has 1 saturated carbocycles. The molecular formula is C17H30O3. The van der Waals surface area contributed by atoms with Crippen molar-refractivity contribution in [3.8, 4) is 0 Å². The van der Waals surface area contributed by atoms with E-state index in [1.165, 1.54) is 0 Å². The molecule has 1 N–H and O–H groups in total. The van der Waals surface area contributed by atoms with E-state index < -0.39 is 5.41 Å². The van der Waals surface area contributed by atoms with Crippen LogP contribution >= 0.6 is 0 Å². The van der Waals surface area contributed by atoms with Crippen molar-refractivity contribution < 1.29 is 14.6 Å². The summed E-state index contributed by atoms with van der Waals surface area (Å²) in [6, 6.07) is 0. The minimum atomic E-state index is -0.467. The van der Waals surface area contributed by atoms with Gasteiger partial charge in [-0.25, -0.2) is 0 Å². The predicted octanol–water partition coefficient (Wildman–Crippen LogP) is 3.57. The van der Waals surface area contributed by atoms with E-state index >= 15 is 0 Å². The highest BCUT2D eigenvalue weighted by Gasteiger charge is 2.55. The zero-order valence-corrected chi connectivity index (χ0v) is 14.0. The van der Waals surface area contributed by atoms with Crippen LogP contribution in [0.5, 0.6) is 0 Å². The molecule has 116 valence electrons. The zero-order valence-electron chi connectivity index (χ0n) is 14.0. The van der Waals surface area contributed by atoms with Crippen molar-refractivity contribution in [2.75, 3.05) is 6.61 Å². The Hall–Kier alpha value is -0.830. The van der Waals surface area contributed by atoms with Gasteiger partial charge in [0, 0.05) is 0 Å². The lowest BCUT2D eigenvalue weighted by molar-refractivity contribution is -0.153. The normalized spacial score (nSPS) is 30.4. The van der Waals surface area contributed by atoms with E-state index in [9.17, 15) is 9.90 Å². The molecule has 3 unspecified atom stereocenters. The van der Waals surface area contributed by atoms with Crippen LogP contribution < -0.4 is 0 Å². The molecule has 0 heterocycles. The SMILES string of the molecule is CC.CC(C)(C)C(=O)OCC1=CC(O)C2CC1C2(C)C. The summed E-state index contributed by atoms with van der Waals surface area (Å²) in [6.07, 6.45) is 2.53. The fraction of sp³-hybridized carbons (Fsp3) is 0.824. The van der Waals surface area contributed by atoms with Crippen LogP contribution in [-0.2, 0) is 9.53 Å². The second kappa shape index (κ2) is 5.88. The largest absolute Gasteiger partial charge is 0.461 e. The second-order valence-electron chi connectivity index (χ2n) is 7.27. The topological polar surface area (TPSA) is 46.5 Å². The summed E-state index contributed by atoms with van der Waals surface area (Å²) in [4.78, 5) is 11.8. The Bertz CT molecular complexity index is 388. The number of aliphatic hydroxyl groups excluding tert-OH is 1. The number of hydrogen-bond donors (Lipinski definition) is 1. The third-order valence-corrected chi connectivity index (χ3v) is 4.57. The van der Waals surface area contributed by atoms with Crippen molar-refractivity contribution in [1.29, 1.82) is 0 Å². The van der Waals surface area contributed by atoms with Crippen molar-refractivity contribution in [2.45, 2.75) is 61.0 Å². The van der Waals surface area contributed by atoms with Crippen molar-refractivity contribution in [2.24, 2.45) is 22.7 Å². The number of hydrogen-bond acceptors (Lipinski definition) is 3. The van der Waals surface area contributed by atoms with Crippen LogP contribution in [0, 0.1) is 22.7 Å². The molecule has 3 heteroatoms. The molecule has 3 nitrogen and oxygen atoms in total. The number of aliphatic hydroxyl groups is 1. The van der Waals surface area contributed by atoms with Gasteiger partial charge in [0.15, 0.2) is 0 Å². The van der Waals surface area contributed by atoms with E-state index in [1.807, 2.05) is 40.7 Å². The zero-order chi connectivity index (χ0) is 15.7. The maximum atomic E-state index is 11.8. The second-order valence-corrected chi connectivity index (χ2v) is 7.27. The van der Waals surface area contributed by atoms with Gasteiger partial charge in [0.2, 0.25) is 0 Å². The number of carbonyl (C=O) groups is 1. The minimum Gasteiger partial charge on any atom is -0.461 e. The Labute approximate surface area is 123 Å². The lowest BCUT2D eigenvalue weighted by atomic mass is 9.48. The third kappa shape index (κ3) is 3.08. The average Bonchev–Trinajstić information content (AvgIpc) is 2.35. The Morgan fingerprint density at radius 3 is 2.35 bits per heavy atom. The molecule has 3 aliphatic carbocycles. The first-order chi connectivity index (χ1) is 9.14. The summed E-state index contributed by atoms with van der Waals surface area (Å²) in [5.74, 6) is 0.639. The quantitative estimate of drug-likeness (QED) is 0.622. The summed E-state index contributed by atoms with van der Waals surface area (Å²) in [5.41, 5.74) is 0.760. The van der Waals surface area contributed by atoms with Gasteiger partial charge in [0.25, 0.3) is 0 Å². The Morgan fingerprint density at radius 1 is 1.40 bits per heavy atom. The third-order valence-electron chi connectivity index (χ3n) is 4.57. The standard InChI is InChI=1S/C15H24O3.C2H6/c1-14(2,3)13(17)18-8-9-6-12(16)11-7-10(9)15(11,4)5;1-2/h6,10-12,16H,7-8H2,1-5H3;1-2H3. The van der Waals surface area contributed by atoms with Gasteiger partial charge in [-0.05, 0) is 50.0 Å². The first kappa shape index (κ1) is 17.2. The number of ether oxygens (including phenoxy) is 1. The molecule has 1 fully saturated rings. The summed E-state index contributed by atoms with van der Waals surface area (Å²) in [7, 11) is 0. The Balaban J connectivity index is 0.000000956. The fourth-order valence-corrected chi connectivity index (χ4v) is 3.13. The predicted molar refractivity (Wildman–Crippen MR) is 81.2 cm³/mol. The summed E-state index contributed by atoms with van der Waals surface area (Å²) in [6.45, 7) is 14.3. The number of rotatable bonds is 2. The molecule has 0 aromatic rings. The minimum absolute atomic E-state index is 0.137. The van der Waals surface area contributed by atoms with Gasteiger partial charge in [0.05, 0.1) is 11.5 Å². The molecule has 0 aromatic heterocycles. The van der Waals surface area contributed by atoms with E-state index in [0.29, 0.717) is 18.4 Å². The highest BCUT2D eigenvalue weighted by molar-refractivity contribution is 5.75. The molecule has 3 rings (SSSR count). The molecule has 0 saturated heterocycles. The summed E-state index contributed by atoms with van der Waals surface area (Å²) < 4.78 is 5.36. The van der Waals surface area contributed by atoms with Crippen molar-refractivity contribution in [3.63, 3.8) is 0 Å². The number of fused-ring (bicyclic) bond motifs is 1. The van der Waals surface area contributed by atoms with Crippen molar-refractivity contribution in [3.05, 3.63) is 11.6 Å². The molecule has 0 aliphatic heterocycles. The molecule has 0 spiro atoms. The van der Waals surface area contributed by atoms with Gasteiger partial charge in [-0.3, -0.25) is 4.79 Å². The van der Waals surface area contributed by atoms with Gasteiger partial charge >= 0.3 is 5.97 Å². The maximum Gasteiger partial charge on any atom is 0.311 e. The van der Waals surface area contributed by atoms with Gasteiger partial charge in [-0.2, -0.15) is 0 Å². The monoisotopic (exact) mass is 282 g/mol. The van der Waals surface area contributed by atoms with Crippen molar-refractivity contribution >= 4 is 5.97 Å². The Kier molecular flexibility index (Phi) is 5.07. The maximum absolute atomic E-state index is 11.8. The summed E-state index contributed by atoms with van der Waals surface area (Å²) in [5, 5.41) is 10.0. The van der Waals surface area contributed by atoms with E-state index in [-0.39, 0.29) is 17.5 Å². The fourth-order valence-electron chi connectivity index (χ4n) is 3.13. The lowest BCUT2D eigenvalue weighted by Gasteiger charge is -2.58. The molecule has 3 atom stereocenters.